The summed E-state index contributed by atoms with van der Waals surface area (Å²) >= 11 is 5.94. The van der Waals surface area contributed by atoms with E-state index in [-0.39, 0.29) is 20.8 Å². The van der Waals surface area contributed by atoms with Gasteiger partial charge in [0.15, 0.2) is 0 Å². The van der Waals surface area contributed by atoms with E-state index in [1.807, 2.05) is 6.07 Å². The lowest BCUT2D eigenvalue weighted by atomic mass is 10.0. The van der Waals surface area contributed by atoms with Gasteiger partial charge in [-0.15, -0.1) is 0 Å². The fraction of sp³-hybridized carbons (Fsp3) is 0.579. The number of esters is 1. The molecule has 1 amide bonds. The van der Waals surface area contributed by atoms with Crippen molar-refractivity contribution >= 4 is 33.5 Å². The molecule has 15 heteroatoms. The summed E-state index contributed by atoms with van der Waals surface area (Å²) in [5.74, 6) is -2.03. The predicted molar refractivity (Wildman–Crippen MR) is 112 cm³/mol. The van der Waals surface area contributed by atoms with Crippen molar-refractivity contribution in [1.29, 1.82) is 5.26 Å². The molecule has 0 aromatic carbocycles. The largest absolute Gasteiger partial charge is 0.511 e. The molecule has 34 heavy (non-hydrogen) atoms. The van der Waals surface area contributed by atoms with Gasteiger partial charge in [0.05, 0.1) is 31.0 Å². The van der Waals surface area contributed by atoms with Gasteiger partial charge in [-0.05, 0) is 39.7 Å². The SMILES string of the molecule is COC(=O)C(C)(C)N([C@@H](C)COc1cnc(Cl)c(C(=O)NC2(C#N)CC2)c1)S(=O)(=O)C(F)(F)F. The number of carbonyl (C=O) groups excluding carboxylic acids is 2. The van der Waals surface area contributed by atoms with E-state index >= 15 is 0 Å². The summed E-state index contributed by atoms with van der Waals surface area (Å²) in [7, 11) is -5.07. The maximum atomic E-state index is 13.3. The lowest BCUT2D eigenvalue weighted by molar-refractivity contribution is -0.151. The zero-order valence-electron chi connectivity index (χ0n) is 18.6. The van der Waals surface area contributed by atoms with E-state index in [0.717, 1.165) is 40.1 Å². The summed E-state index contributed by atoms with van der Waals surface area (Å²) in [6.07, 6.45) is 2.01. The van der Waals surface area contributed by atoms with Crippen LogP contribution in [0.1, 0.15) is 44.0 Å². The van der Waals surface area contributed by atoms with Crippen LogP contribution in [0.25, 0.3) is 0 Å². The van der Waals surface area contributed by atoms with Crippen molar-refractivity contribution in [2.75, 3.05) is 13.7 Å². The number of sulfonamides is 1. The molecule has 0 unspecified atom stereocenters. The van der Waals surface area contributed by atoms with Gasteiger partial charge in [-0.1, -0.05) is 11.6 Å². The maximum Gasteiger partial charge on any atom is 0.511 e. The van der Waals surface area contributed by atoms with E-state index in [1.165, 1.54) is 0 Å². The Kier molecular flexibility index (Phi) is 7.76. The van der Waals surface area contributed by atoms with Crippen LogP contribution in [-0.2, 0) is 19.6 Å². The number of rotatable bonds is 9. The Morgan fingerprint density at radius 1 is 1.38 bits per heavy atom. The highest BCUT2D eigenvalue weighted by Crippen LogP contribution is 2.36. The molecule has 0 radical (unpaired) electrons. The van der Waals surface area contributed by atoms with E-state index in [0.29, 0.717) is 12.8 Å². The van der Waals surface area contributed by atoms with Crippen molar-refractivity contribution in [2.45, 2.75) is 56.2 Å². The third kappa shape index (κ3) is 5.53. The van der Waals surface area contributed by atoms with Crippen molar-refractivity contribution in [1.82, 2.24) is 14.6 Å². The molecule has 1 saturated carbocycles. The first kappa shape index (κ1) is 27.6. The minimum Gasteiger partial charge on any atom is -0.490 e. The van der Waals surface area contributed by atoms with Crippen molar-refractivity contribution in [2.24, 2.45) is 0 Å². The van der Waals surface area contributed by atoms with Crippen LogP contribution in [0.2, 0.25) is 5.15 Å². The van der Waals surface area contributed by atoms with E-state index < -0.39 is 51.1 Å². The van der Waals surface area contributed by atoms with Crippen molar-refractivity contribution in [3.05, 3.63) is 23.0 Å². The zero-order chi connectivity index (χ0) is 26.1. The molecular formula is C19H22ClF3N4O6S. The van der Waals surface area contributed by atoms with Gasteiger partial charge in [-0.2, -0.15) is 22.7 Å². The standard InChI is InChI=1S/C19H22ClF3N4O6S/c1-11(27(17(2,3)16(29)32-4)34(30,31)19(21,22)23)9-33-12-7-13(14(20)25-8-12)15(28)26-18(10-24)5-6-18/h7-8,11H,5-6,9H2,1-4H3,(H,26,28)/t11-/m0/s1. The summed E-state index contributed by atoms with van der Waals surface area (Å²) in [5.41, 5.74) is -9.06. The number of ether oxygens (including phenoxy) is 2. The third-order valence-electron chi connectivity index (χ3n) is 5.05. The number of nitrogens with zero attached hydrogens (tertiary/aromatic N) is 3. The Morgan fingerprint density at radius 2 is 1.97 bits per heavy atom. The monoisotopic (exact) mass is 526 g/mol. The minimum absolute atomic E-state index is 0.0352. The number of amides is 1. The lowest BCUT2D eigenvalue weighted by Gasteiger charge is -2.38. The van der Waals surface area contributed by atoms with Gasteiger partial charge in [-0.3, -0.25) is 9.59 Å². The van der Waals surface area contributed by atoms with Crippen LogP contribution in [0.5, 0.6) is 5.75 Å². The van der Waals surface area contributed by atoms with Crippen molar-refractivity contribution in [3.63, 3.8) is 0 Å². The van der Waals surface area contributed by atoms with E-state index in [1.54, 1.807) is 0 Å². The zero-order valence-corrected chi connectivity index (χ0v) is 20.1. The van der Waals surface area contributed by atoms with Crippen molar-refractivity contribution < 1.29 is 40.7 Å². The maximum absolute atomic E-state index is 13.3. The number of hydrogen-bond donors (Lipinski definition) is 1. The molecule has 1 N–H and O–H groups in total. The number of nitrogens with one attached hydrogen (secondary N) is 1. The topological polar surface area (TPSA) is 139 Å². The van der Waals surface area contributed by atoms with Gasteiger partial charge in [0.25, 0.3) is 5.91 Å². The van der Waals surface area contributed by atoms with Gasteiger partial charge in [0, 0.05) is 0 Å². The van der Waals surface area contributed by atoms with Crippen LogP contribution in [-0.4, -0.2) is 65.9 Å². The molecular weight excluding hydrogens is 505 g/mol. The highest BCUT2D eigenvalue weighted by molar-refractivity contribution is 7.90. The normalized spacial score (nSPS) is 16.4. The van der Waals surface area contributed by atoms with E-state index in [2.05, 4.69) is 15.0 Å². The molecule has 1 aliphatic rings. The van der Waals surface area contributed by atoms with Crippen LogP contribution < -0.4 is 10.1 Å². The summed E-state index contributed by atoms with van der Waals surface area (Å²) in [4.78, 5) is 28.3. The second kappa shape index (κ2) is 9.55. The third-order valence-corrected chi connectivity index (χ3v) is 7.27. The molecule has 188 valence electrons. The summed E-state index contributed by atoms with van der Waals surface area (Å²) in [6, 6.07) is 1.61. The molecule has 1 fully saturated rings. The van der Waals surface area contributed by atoms with Gasteiger partial charge in [-0.25, -0.2) is 13.4 Å². The van der Waals surface area contributed by atoms with Gasteiger partial charge in [0.2, 0.25) is 0 Å². The van der Waals surface area contributed by atoms with Crippen molar-refractivity contribution in [3.8, 4) is 11.8 Å². The Hall–Kier alpha value is -2.63. The fourth-order valence-corrected chi connectivity index (χ4v) is 4.79. The summed E-state index contributed by atoms with van der Waals surface area (Å²) in [6.45, 7) is 2.39. The number of aromatic nitrogens is 1. The highest BCUT2D eigenvalue weighted by Gasteiger charge is 2.58. The number of methoxy groups -OCH3 is 1. The van der Waals surface area contributed by atoms with Crippen LogP contribution in [0, 0.1) is 11.3 Å². The number of hydrogen-bond acceptors (Lipinski definition) is 8. The van der Waals surface area contributed by atoms with Crippen LogP contribution in [0.3, 0.4) is 0 Å². The Morgan fingerprint density at radius 3 is 2.44 bits per heavy atom. The molecule has 1 heterocycles. The molecule has 0 aliphatic heterocycles. The number of carbonyl (C=O) groups is 2. The second-order valence-corrected chi connectivity index (χ2v) is 10.3. The first-order valence-corrected chi connectivity index (χ1v) is 11.6. The molecule has 0 bridgehead atoms. The highest BCUT2D eigenvalue weighted by atomic mass is 35.5. The first-order chi connectivity index (χ1) is 15.5. The molecule has 0 saturated heterocycles. The molecule has 1 atom stereocenters. The number of alkyl halides is 3. The Balaban J connectivity index is 2.29. The quantitative estimate of drug-likeness (QED) is 0.382. The number of nitriles is 1. The van der Waals surface area contributed by atoms with Crippen LogP contribution in [0.15, 0.2) is 12.3 Å². The Labute approximate surface area is 199 Å². The second-order valence-electron chi connectivity index (χ2n) is 8.11. The lowest BCUT2D eigenvalue weighted by Crippen LogP contribution is -2.61. The van der Waals surface area contributed by atoms with Crippen LogP contribution >= 0.6 is 11.6 Å². The van der Waals surface area contributed by atoms with Crippen LogP contribution in [0.4, 0.5) is 13.2 Å². The van der Waals surface area contributed by atoms with E-state index in [4.69, 9.17) is 21.6 Å². The summed E-state index contributed by atoms with van der Waals surface area (Å²) < 4.78 is 74.4. The first-order valence-electron chi connectivity index (χ1n) is 9.74. The minimum atomic E-state index is -5.98. The number of pyridine rings is 1. The molecule has 1 aromatic rings. The fourth-order valence-electron chi connectivity index (χ4n) is 3.17. The molecule has 0 spiro atoms. The average molecular weight is 527 g/mol. The molecule has 10 nitrogen and oxygen atoms in total. The summed E-state index contributed by atoms with van der Waals surface area (Å²) in [5, 5.41) is 11.4. The molecule has 2 rings (SSSR count). The smallest absolute Gasteiger partial charge is 0.490 e. The molecule has 1 aromatic heterocycles. The van der Waals surface area contributed by atoms with Gasteiger partial charge in [0.1, 0.15) is 28.6 Å². The predicted octanol–water partition coefficient (Wildman–Crippen LogP) is 2.39. The number of halogens is 4. The average Bonchev–Trinajstić information content (AvgIpc) is 3.51. The van der Waals surface area contributed by atoms with E-state index in [9.17, 15) is 31.2 Å². The Bertz CT molecular complexity index is 1120. The van der Waals surface area contributed by atoms with Gasteiger partial charge >= 0.3 is 21.5 Å². The van der Waals surface area contributed by atoms with Gasteiger partial charge < -0.3 is 14.8 Å². The molecule has 1 aliphatic carbocycles.